The summed E-state index contributed by atoms with van der Waals surface area (Å²) in [6.07, 6.45) is 1.34. The van der Waals surface area contributed by atoms with Crippen molar-refractivity contribution in [3.05, 3.63) is 35.9 Å². The predicted octanol–water partition coefficient (Wildman–Crippen LogP) is 6.32. The summed E-state index contributed by atoms with van der Waals surface area (Å²) in [5, 5.41) is 10.0. The Labute approximate surface area is 221 Å². The average Bonchev–Trinajstić information content (AvgIpc) is 3.27. The fraction of sp³-hybridized carbons (Fsp3) is 0.667. The molecule has 1 aliphatic heterocycles. The van der Waals surface area contributed by atoms with Crippen LogP contribution < -0.4 is 0 Å². The van der Waals surface area contributed by atoms with Crippen molar-refractivity contribution in [1.82, 2.24) is 4.90 Å². The molecule has 1 fully saturated rings. The molecule has 9 nitrogen and oxygen atoms in total. The Morgan fingerprint density at radius 1 is 1.16 bits per heavy atom. The number of hydrogen-bond donors (Lipinski definition) is 1. The number of carbonyl (C=O) groups excluding carboxylic acids is 2. The highest BCUT2D eigenvalue weighted by Gasteiger charge is 2.55. The Bertz CT molecular complexity index is 955. The topological polar surface area (TPSA) is 110 Å². The second kappa shape index (κ2) is 14.1. The molecule has 3 unspecified atom stereocenters. The lowest BCUT2D eigenvalue weighted by Gasteiger charge is -2.36. The van der Waals surface area contributed by atoms with Gasteiger partial charge in [0.2, 0.25) is 13.7 Å². The molecule has 4 atom stereocenters. The highest BCUT2D eigenvalue weighted by Crippen LogP contribution is 2.51. The van der Waals surface area contributed by atoms with Gasteiger partial charge < -0.3 is 9.84 Å². The third kappa shape index (κ3) is 8.13. The van der Waals surface area contributed by atoms with Crippen LogP contribution in [0.25, 0.3) is 0 Å². The van der Waals surface area contributed by atoms with Gasteiger partial charge in [-0.15, -0.1) is 4.48 Å². The quantitative estimate of drug-likeness (QED) is 0.103. The van der Waals surface area contributed by atoms with Crippen molar-refractivity contribution in [2.24, 2.45) is 5.92 Å². The van der Waals surface area contributed by atoms with E-state index in [0.717, 1.165) is 12.8 Å². The highest BCUT2D eigenvalue weighted by molar-refractivity contribution is 7.58. The number of rotatable bonds is 13. The molecule has 0 radical (unpaired) electrons. The molecule has 37 heavy (non-hydrogen) atoms. The van der Waals surface area contributed by atoms with E-state index in [0.29, 0.717) is 19.3 Å². The molecule has 208 valence electrons. The van der Waals surface area contributed by atoms with Crippen LogP contribution in [0.5, 0.6) is 0 Å². The number of quaternary nitrogens is 1. The molecule has 1 aliphatic rings. The molecule has 1 aromatic carbocycles. The third-order valence-corrected chi connectivity index (χ3v) is 9.40. The minimum atomic E-state index is -3.54. The molecule has 1 aromatic rings. The SMILES string of the molecule is CCC(=O)OC(OP(=O)(CCCCc1ccccc1)CN(CC)C(=O)[N+]1(C(=O)O)CCC[C@H]1C)C(C)C. The Morgan fingerprint density at radius 3 is 2.35 bits per heavy atom. The van der Waals surface area contributed by atoms with Crippen molar-refractivity contribution in [1.29, 1.82) is 0 Å². The van der Waals surface area contributed by atoms with Crippen LogP contribution in [-0.2, 0) is 25.0 Å². The Morgan fingerprint density at radius 2 is 1.84 bits per heavy atom. The maximum absolute atomic E-state index is 14.3. The fourth-order valence-electron chi connectivity index (χ4n) is 4.70. The molecular formula is C27H44N2O7P+. The molecule has 0 spiro atoms. The molecule has 1 heterocycles. The number of imide groups is 1. The summed E-state index contributed by atoms with van der Waals surface area (Å²) in [6.45, 7) is 9.21. The van der Waals surface area contributed by atoms with Gasteiger partial charge in [0.25, 0.3) is 0 Å². The number of esters is 1. The summed E-state index contributed by atoms with van der Waals surface area (Å²) in [5.41, 5.74) is 1.18. The van der Waals surface area contributed by atoms with Crippen LogP contribution in [0.1, 0.15) is 72.3 Å². The number of unbranched alkanes of at least 4 members (excludes halogenated alkanes) is 1. The number of amides is 3. The van der Waals surface area contributed by atoms with E-state index in [1.807, 2.05) is 44.2 Å². The van der Waals surface area contributed by atoms with E-state index < -0.39 is 36.2 Å². The maximum atomic E-state index is 14.3. The summed E-state index contributed by atoms with van der Waals surface area (Å²) in [6, 6.07) is 9.04. The third-order valence-electron chi connectivity index (χ3n) is 7.04. The van der Waals surface area contributed by atoms with Gasteiger partial charge >= 0.3 is 18.1 Å². The van der Waals surface area contributed by atoms with Crippen LogP contribution in [-0.4, -0.2) is 70.5 Å². The van der Waals surface area contributed by atoms with Crippen molar-refractivity contribution >= 4 is 25.5 Å². The second-order valence-corrected chi connectivity index (χ2v) is 12.8. The first-order chi connectivity index (χ1) is 17.5. The predicted molar refractivity (Wildman–Crippen MR) is 142 cm³/mol. The minimum absolute atomic E-state index is 0.157. The molecule has 10 heteroatoms. The van der Waals surface area contributed by atoms with Gasteiger partial charge in [0.05, 0.1) is 6.54 Å². The number of benzene rings is 1. The van der Waals surface area contributed by atoms with Crippen molar-refractivity contribution in [3.63, 3.8) is 0 Å². The van der Waals surface area contributed by atoms with E-state index in [2.05, 4.69) is 0 Å². The average molecular weight is 540 g/mol. The first kappa shape index (κ1) is 31.0. The van der Waals surface area contributed by atoms with Crippen molar-refractivity contribution < 1.29 is 37.8 Å². The van der Waals surface area contributed by atoms with E-state index in [-0.39, 0.29) is 43.9 Å². The summed E-state index contributed by atoms with van der Waals surface area (Å²) in [5.74, 6) is -0.714. The zero-order valence-corrected chi connectivity index (χ0v) is 23.8. The molecule has 1 N–H and O–H groups in total. The number of aryl methyl sites for hydroxylation is 1. The van der Waals surface area contributed by atoms with Crippen LogP contribution >= 0.6 is 7.37 Å². The minimum Gasteiger partial charge on any atom is -0.435 e. The van der Waals surface area contributed by atoms with Gasteiger partial charge in [-0.1, -0.05) is 51.1 Å². The molecule has 0 saturated carbocycles. The van der Waals surface area contributed by atoms with E-state index in [9.17, 15) is 24.1 Å². The van der Waals surface area contributed by atoms with Crippen LogP contribution in [0.15, 0.2) is 30.3 Å². The zero-order valence-electron chi connectivity index (χ0n) is 22.9. The van der Waals surface area contributed by atoms with Crippen LogP contribution in [0.3, 0.4) is 0 Å². The zero-order chi connectivity index (χ0) is 27.6. The van der Waals surface area contributed by atoms with Gasteiger partial charge in [-0.25, -0.2) is 4.79 Å². The number of carboxylic acid groups (broad SMARTS) is 1. The van der Waals surface area contributed by atoms with E-state index in [1.54, 1.807) is 20.8 Å². The first-order valence-electron chi connectivity index (χ1n) is 13.4. The summed E-state index contributed by atoms with van der Waals surface area (Å²) >= 11 is 0. The van der Waals surface area contributed by atoms with Crippen LogP contribution in [0, 0.1) is 5.92 Å². The lowest BCUT2D eigenvalue weighted by atomic mass is 10.1. The Hall–Kier alpha value is -2.22. The summed E-state index contributed by atoms with van der Waals surface area (Å²) in [4.78, 5) is 39.3. The number of nitrogens with zero attached hydrogens (tertiary/aromatic N) is 2. The van der Waals surface area contributed by atoms with Gasteiger partial charge in [0.1, 0.15) is 12.3 Å². The first-order valence-corrected chi connectivity index (χ1v) is 15.4. The van der Waals surface area contributed by atoms with Gasteiger partial charge in [-0.05, 0) is 38.7 Å². The molecule has 3 amide bonds. The van der Waals surface area contributed by atoms with Gasteiger partial charge in [-0.2, -0.15) is 4.79 Å². The highest BCUT2D eigenvalue weighted by atomic mass is 31.2. The van der Waals surface area contributed by atoms with Crippen molar-refractivity contribution in [2.45, 2.75) is 85.5 Å². The summed E-state index contributed by atoms with van der Waals surface area (Å²) < 4.78 is 25.1. The molecular weight excluding hydrogens is 495 g/mol. The Balaban J connectivity index is 2.26. The standard InChI is InChI=1S/C27H43N2O7P/c1-6-24(30)35-25(21(3)4)36-37(34,19-12-11-17-23-15-9-8-10-16-23)20-28(7-2)26(31)29(27(32)33)18-13-14-22(29)5/h8-10,15-16,21-22,25H,6-7,11-14,17-20H2,1-5H3/p+1/t22-,25?,29?,37?/m1/s1. The molecule has 0 bridgehead atoms. The largest absolute Gasteiger partial charge is 0.523 e. The number of urea groups is 1. The van der Waals surface area contributed by atoms with Gasteiger partial charge in [0.15, 0.2) is 0 Å². The normalized spacial score (nSPS) is 21.8. The maximum Gasteiger partial charge on any atom is 0.523 e. The van der Waals surface area contributed by atoms with E-state index in [1.165, 1.54) is 10.5 Å². The molecule has 0 aromatic heterocycles. The lowest BCUT2D eigenvalue weighted by Crippen LogP contribution is -2.63. The summed E-state index contributed by atoms with van der Waals surface area (Å²) in [7, 11) is -3.54. The van der Waals surface area contributed by atoms with E-state index >= 15 is 0 Å². The smallest absolute Gasteiger partial charge is 0.435 e. The Kier molecular flexibility index (Phi) is 11.8. The number of carbonyl (C=O) groups is 3. The van der Waals surface area contributed by atoms with Gasteiger partial charge in [-0.3, -0.25) is 18.8 Å². The molecule has 2 rings (SSSR count). The van der Waals surface area contributed by atoms with Gasteiger partial charge in [0, 0.05) is 37.9 Å². The lowest BCUT2D eigenvalue weighted by molar-refractivity contribution is -0.791. The van der Waals surface area contributed by atoms with Crippen molar-refractivity contribution in [3.8, 4) is 0 Å². The van der Waals surface area contributed by atoms with Crippen LogP contribution in [0.4, 0.5) is 9.59 Å². The molecule has 1 saturated heterocycles. The van der Waals surface area contributed by atoms with Crippen LogP contribution in [0.2, 0.25) is 0 Å². The van der Waals surface area contributed by atoms with E-state index in [4.69, 9.17) is 9.26 Å². The monoisotopic (exact) mass is 539 g/mol. The fourth-order valence-corrected chi connectivity index (χ4v) is 7.23. The number of hydrogen-bond acceptors (Lipinski definition) is 6. The molecule has 0 aliphatic carbocycles. The second-order valence-electron chi connectivity index (χ2n) is 10.2. The van der Waals surface area contributed by atoms with Crippen molar-refractivity contribution in [2.75, 3.05) is 25.5 Å². The number of ether oxygens (including phenoxy) is 1. The number of likely N-dealkylation sites (tertiary alicyclic amines) is 1.